The Balaban J connectivity index is 1.96. The maximum atomic E-state index is 11.7. The lowest BCUT2D eigenvalue weighted by molar-refractivity contribution is 0.0955. The topological polar surface area (TPSA) is 54.4 Å². The van der Waals surface area contributed by atoms with E-state index in [1.54, 1.807) is 18.3 Å². The summed E-state index contributed by atoms with van der Waals surface area (Å²) in [6.07, 6.45) is 3.12. The zero-order valence-electron chi connectivity index (χ0n) is 10.3. The number of pyridine rings is 1. The lowest BCUT2D eigenvalue weighted by Crippen LogP contribution is -2.17. The van der Waals surface area contributed by atoms with E-state index in [9.17, 15) is 4.79 Å². The second-order valence-corrected chi connectivity index (χ2v) is 4.85. The molecule has 1 aromatic carbocycles. The second kappa shape index (κ2) is 6.24. The molecule has 0 spiro atoms. The fourth-order valence-corrected chi connectivity index (χ4v) is 1.65. The van der Waals surface area contributed by atoms with Crippen molar-refractivity contribution in [1.82, 2.24) is 10.4 Å². The Morgan fingerprint density at radius 1 is 1.26 bits per heavy atom. The summed E-state index contributed by atoms with van der Waals surface area (Å²) < 4.78 is 0.999. The van der Waals surface area contributed by atoms with Gasteiger partial charge in [0.1, 0.15) is 0 Å². The highest BCUT2D eigenvalue weighted by molar-refractivity contribution is 9.10. The molecule has 2 rings (SSSR count). The zero-order chi connectivity index (χ0) is 13.7. The lowest BCUT2D eigenvalue weighted by Gasteiger charge is -1.99. The number of carbonyl (C=O) groups is 1. The SMILES string of the molecule is Cc1ccc(C(=O)N/N=C\c2ccc(Br)cc2)cn1. The number of aromatic nitrogens is 1. The lowest BCUT2D eigenvalue weighted by atomic mass is 10.2. The summed E-state index contributed by atoms with van der Waals surface area (Å²) in [5.41, 5.74) is 4.72. The minimum absolute atomic E-state index is 0.277. The van der Waals surface area contributed by atoms with Crippen molar-refractivity contribution in [3.8, 4) is 0 Å². The van der Waals surface area contributed by atoms with Crippen LogP contribution in [0.15, 0.2) is 52.2 Å². The maximum Gasteiger partial charge on any atom is 0.272 e. The third-order valence-corrected chi connectivity index (χ3v) is 2.95. The predicted octanol–water partition coefficient (Wildman–Crippen LogP) is 2.92. The van der Waals surface area contributed by atoms with E-state index in [-0.39, 0.29) is 5.91 Å². The van der Waals surface area contributed by atoms with Gasteiger partial charge in [0.2, 0.25) is 0 Å². The number of carbonyl (C=O) groups excluding carboxylic acids is 1. The van der Waals surface area contributed by atoms with Gasteiger partial charge in [0.25, 0.3) is 5.91 Å². The molecule has 19 heavy (non-hydrogen) atoms. The number of aryl methyl sites for hydroxylation is 1. The quantitative estimate of drug-likeness (QED) is 0.699. The Morgan fingerprint density at radius 3 is 2.63 bits per heavy atom. The molecule has 1 amide bonds. The van der Waals surface area contributed by atoms with E-state index in [1.807, 2.05) is 31.2 Å². The van der Waals surface area contributed by atoms with Crippen LogP contribution in [0.1, 0.15) is 21.6 Å². The normalized spacial score (nSPS) is 10.6. The Hall–Kier alpha value is -2.01. The van der Waals surface area contributed by atoms with Crippen molar-refractivity contribution >= 4 is 28.1 Å². The van der Waals surface area contributed by atoms with Gasteiger partial charge in [0, 0.05) is 16.4 Å². The number of hydrogen-bond acceptors (Lipinski definition) is 3. The molecule has 0 aliphatic heterocycles. The molecule has 0 bridgehead atoms. The molecule has 5 heteroatoms. The minimum atomic E-state index is -0.277. The number of hydrogen-bond donors (Lipinski definition) is 1. The van der Waals surface area contributed by atoms with Crippen LogP contribution in [0.4, 0.5) is 0 Å². The summed E-state index contributed by atoms with van der Waals surface area (Å²) >= 11 is 3.35. The average Bonchev–Trinajstić information content (AvgIpc) is 2.41. The Labute approximate surface area is 119 Å². The molecule has 0 atom stereocenters. The molecule has 0 aliphatic rings. The molecule has 0 radical (unpaired) electrons. The Bertz CT molecular complexity index is 591. The van der Waals surface area contributed by atoms with Crippen molar-refractivity contribution in [2.24, 2.45) is 5.10 Å². The summed E-state index contributed by atoms with van der Waals surface area (Å²) in [6, 6.07) is 11.1. The number of halogens is 1. The highest BCUT2D eigenvalue weighted by Crippen LogP contribution is 2.08. The number of rotatable bonds is 3. The largest absolute Gasteiger partial charge is 0.272 e. The predicted molar refractivity (Wildman–Crippen MR) is 78.2 cm³/mol. The van der Waals surface area contributed by atoms with Gasteiger partial charge in [-0.2, -0.15) is 5.10 Å². The van der Waals surface area contributed by atoms with Crippen molar-refractivity contribution in [3.05, 3.63) is 63.9 Å². The van der Waals surface area contributed by atoms with Crippen LogP contribution in [0.2, 0.25) is 0 Å². The molecule has 0 aliphatic carbocycles. The molecule has 96 valence electrons. The van der Waals surface area contributed by atoms with E-state index in [2.05, 4.69) is 31.4 Å². The third kappa shape index (κ3) is 3.99. The molecular weight excluding hydrogens is 306 g/mol. The van der Waals surface area contributed by atoms with Crippen LogP contribution in [0.5, 0.6) is 0 Å². The Morgan fingerprint density at radius 2 is 2.00 bits per heavy atom. The van der Waals surface area contributed by atoms with Crippen LogP contribution in [0.25, 0.3) is 0 Å². The van der Waals surface area contributed by atoms with E-state index in [4.69, 9.17) is 0 Å². The molecule has 2 aromatic rings. The fraction of sp³-hybridized carbons (Fsp3) is 0.0714. The van der Waals surface area contributed by atoms with E-state index in [1.165, 1.54) is 6.20 Å². The van der Waals surface area contributed by atoms with Crippen molar-refractivity contribution in [2.45, 2.75) is 6.92 Å². The standard InChI is InChI=1S/C14H12BrN3O/c1-10-2-5-12(9-16-10)14(19)18-17-8-11-3-6-13(15)7-4-11/h2-9H,1H3,(H,18,19)/b17-8-. The molecule has 1 N–H and O–H groups in total. The maximum absolute atomic E-state index is 11.7. The third-order valence-electron chi connectivity index (χ3n) is 2.42. The highest BCUT2D eigenvalue weighted by Gasteiger charge is 2.03. The van der Waals surface area contributed by atoms with Gasteiger partial charge in [-0.15, -0.1) is 0 Å². The van der Waals surface area contributed by atoms with Gasteiger partial charge < -0.3 is 0 Å². The number of amides is 1. The van der Waals surface area contributed by atoms with Crippen LogP contribution in [0.3, 0.4) is 0 Å². The van der Waals surface area contributed by atoms with Crippen LogP contribution >= 0.6 is 15.9 Å². The summed E-state index contributed by atoms with van der Waals surface area (Å²) in [4.78, 5) is 15.8. The van der Waals surface area contributed by atoms with E-state index in [0.29, 0.717) is 5.56 Å². The number of benzene rings is 1. The summed E-state index contributed by atoms with van der Waals surface area (Å²) in [7, 11) is 0. The average molecular weight is 318 g/mol. The van der Waals surface area contributed by atoms with Crippen molar-refractivity contribution in [1.29, 1.82) is 0 Å². The first-order chi connectivity index (χ1) is 9.15. The first-order valence-corrected chi connectivity index (χ1v) is 6.46. The smallest absolute Gasteiger partial charge is 0.267 e. The van der Waals surface area contributed by atoms with Crippen molar-refractivity contribution in [3.63, 3.8) is 0 Å². The molecule has 0 saturated heterocycles. The highest BCUT2D eigenvalue weighted by atomic mass is 79.9. The van der Waals surface area contributed by atoms with Crippen LogP contribution in [-0.4, -0.2) is 17.1 Å². The van der Waals surface area contributed by atoms with Gasteiger partial charge in [-0.1, -0.05) is 28.1 Å². The van der Waals surface area contributed by atoms with Crippen molar-refractivity contribution in [2.75, 3.05) is 0 Å². The van der Waals surface area contributed by atoms with Gasteiger partial charge in [0.15, 0.2) is 0 Å². The Kier molecular flexibility index (Phi) is 4.41. The zero-order valence-corrected chi connectivity index (χ0v) is 11.9. The van der Waals surface area contributed by atoms with E-state index >= 15 is 0 Å². The molecule has 0 saturated carbocycles. The summed E-state index contributed by atoms with van der Waals surface area (Å²) in [5.74, 6) is -0.277. The first kappa shape index (κ1) is 13.4. The molecule has 0 unspecified atom stereocenters. The molecule has 1 aromatic heterocycles. The van der Waals surface area contributed by atoms with Crippen LogP contribution in [0, 0.1) is 6.92 Å². The van der Waals surface area contributed by atoms with Crippen LogP contribution < -0.4 is 5.43 Å². The fourth-order valence-electron chi connectivity index (χ4n) is 1.38. The number of nitrogens with zero attached hydrogens (tertiary/aromatic N) is 2. The van der Waals surface area contributed by atoms with Crippen molar-refractivity contribution < 1.29 is 4.79 Å². The van der Waals surface area contributed by atoms with Gasteiger partial charge in [0.05, 0.1) is 11.8 Å². The first-order valence-electron chi connectivity index (χ1n) is 5.67. The van der Waals surface area contributed by atoms with E-state index in [0.717, 1.165) is 15.7 Å². The van der Waals surface area contributed by atoms with E-state index < -0.39 is 0 Å². The summed E-state index contributed by atoms with van der Waals surface area (Å²) in [6.45, 7) is 1.87. The molecule has 1 heterocycles. The van der Waals surface area contributed by atoms with Gasteiger partial charge in [-0.25, -0.2) is 5.43 Å². The summed E-state index contributed by atoms with van der Waals surface area (Å²) in [5, 5.41) is 3.90. The minimum Gasteiger partial charge on any atom is -0.267 e. The monoisotopic (exact) mass is 317 g/mol. The number of hydrazone groups is 1. The molecule has 0 fully saturated rings. The van der Waals surface area contributed by atoms with Gasteiger partial charge >= 0.3 is 0 Å². The van der Waals surface area contributed by atoms with Crippen LogP contribution in [-0.2, 0) is 0 Å². The molecular formula is C14H12BrN3O. The second-order valence-electron chi connectivity index (χ2n) is 3.94. The van der Waals surface area contributed by atoms with Gasteiger partial charge in [-0.05, 0) is 36.8 Å². The molecule has 4 nitrogen and oxygen atoms in total. The van der Waals surface area contributed by atoms with Gasteiger partial charge in [-0.3, -0.25) is 9.78 Å². The number of nitrogens with one attached hydrogen (secondary N) is 1.